The SMILES string of the molecule is COc1cccc2c1OC1(C)CC2NC(=O)N1c1cc(C(F)(F)F)ccc1Cl. The lowest BCUT2D eigenvalue weighted by atomic mass is 9.89. The summed E-state index contributed by atoms with van der Waals surface area (Å²) in [6, 6.07) is 7.21. The van der Waals surface area contributed by atoms with E-state index >= 15 is 0 Å². The van der Waals surface area contributed by atoms with Crippen molar-refractivity contribution in [3.05, 3.63) is 52.5 Å². The molecule has 0 aliphatic carbocycles. The standard InChI is InChI=1S/C19H16ClF3N2O3/c1-18-9-13(11-4-3-5-15(27-2)16(11)28-18)24-17(26)25(18)14-8-10(19(21,22)23)6-7-12(14)20/h3-8,13H,9H2,1-2H3,(H,24,26). The number of halogens is 4. The van der Waals surface area contributed by atoms with E-state index in [0.717, 1.165) is 28.7 Å². The third-order valence-electron chi connectivity index (χ3n) is 5.00. The van der Waals surface area contributed by atoms with Crippen molar-refractivity contribution in [3.8, 4) is 11.5 Å². The highest BCUT2D eigenvalue weighted by atomic mass is 35.5. The van der Waals surface area contributed by atoms with Crippen LogP contribution in [0.1, 0.15) is 30.5 Å². The number of fused-ring (bicyclic) bond motifs is 4. The van der Waals surface area contributed by atoms with Crippen molar-refractivity contribution in [2.45, 2.75) is 31.3 Å². The van der Waals surface area contributed by atoms with Crippen molar-refractivity contribution in [3.63, 3.8) is 0 Å². The second-order valence-electron chi connectivity index (χ2n) is 6.86. The number of benzene rings is 2. The highest BCUT2D eigenvalue weighted by Crippen LogP contribution is 2.50. The topological polar surface area (TPSA) is 50.8 Å². The van der Waals surface area contributed by atoms with E-state index in [-0.39, 0.29) is 16.8 Å². The van der Waals surface area contributed by atoms with E-state index in [2.05, 4.69) is 5.32 Å². The van der Waals surface area contributed by atoms with Crippen LogP contribution in [0.5, 0.6) is 11.5 Å². The van der Waals surface area contributed by atoms with Gasteiger partial charge in [0.2, 0.25) is 0 Å². The Kier molecular flexibility index (Phi) is 4.15. The van der Waals surface area contributed by atoms with Crippen LogP contribution in [-0.4, -0.2) is 18.9 Å². The van der Waals surface area contributed by atoms with Gasteiger partial charge >= 0.3 is 12.2 Å². The molecule has 1 saturated heterocycles. The Bertz CT molecular complexity index is 966. The first-order chi connectivity index (χ1) is 13.1. The summed E-state index contributed by atoms with van der Waals surface area (Å²) >= 11 is 6.17. The summed E-state index contributed by atoms with van der Waals surface area (Å²) in [6.45, 7) is 1.64. The van der Waals surface area contributed by atoms with E-state index in [9.17, 15) is 18.0 Å². The molecule has 2 amide bonds. The Balaban J connectivity index is 1.84. The number of nitrogens with zero attached hydrogens (tertiary/aromatic N) is 1. The third kappa shape index (κ3) is 2.83. The molecule has 2 atom stereocenters. The smallest absolute Gasteiger partial charge is 0.416 e. The monoisotopic (exact) mass is 412 g/mol. The van der Waals surface area contributed by atoms with Crippen molar-refractivity contribution in [1.82, 2.24) is 5.32 Å². The van der Waals surface area contributed by atoms with Gasteiger partial charge in [-0.2, -0.15) is 13.2 Å². The lowest BCUT2D eigenvalue weighted by Crippen LogP contribution is -2.65. The minimum absolute atomic E-state index is 0.0113. The molecule has 5 nitrogen and oxygen atoms in total. The number of methoxy groups -OCH3 is 1. The zero-order valence-electron chi connectivity index (χ0n) is 14.9. The van der Waals surface area contributed by atoms with E-state index in [1.54, 1.807) is 19.1 Å². The van der Waals surface area contributed by atoms with Gasteiger partial charge in [0, 0.05) is 12.0 Å². The first kappa shape index (κ1) is 18.7. The van der Waals surface area contributed by atoms with Gasteiger partial charge in [-0.3, -0.25) is 4.90 Å². The maximum absolute atomic E-state index is 13.2. The van der Waals surface area contributed by atoms with Gasteiger partial charge in [0.05, 0.1) is 29.4 Å². The molecular weight excluding hydrogens is 397 g/mol. The molecule has 2 aliphatic rings. The van der Waals surface area contributed by atoms with Crippen LogP contribution in [0.4, 0.5) is 23.7 Å². The molecule has 0 aromatic heterocycles. The number of hydrogen-bond acceptors (Lipinski definition) is 3. The molecule has 2 aromatic carbocycles. The number of alkyl halides is 3. The zero-order valence-corrected chi connectivity index (χ0v) is 15.7. The van der Waals surface area contributed by atoms with Crippen LogP contribution in [0.15, 0.2) is 36.4 Å². The molecule has 2 unspecified atom stereocenters. The number of anilines is 1. The summed E-state index contributed by atoms with van der Waals surface area (Å²) in [7, 11) is 1.49. The van der Waals surface area contributed by atoms with E-state index < -0.39 is 23.5 Å². The Morgan fingerprint density at radius 3 is 2.75 bits per heavy atom. The fraction of sp³-hybridized carbons (Fsp3) is 0.316. The maximum Gasteiger partial charge on any atom is 0.416 e. The predicted molar refractivity (Wildman–Crippen MR) is 96.8 cm³/mol. The fourth-order valence-electron chi connectivity index (χ4n) is 3.75. The van der Waals surface area contributed by atoms with Crippen LogP contribution >= 0.6 is 11.6 Å². The average Bonchev–Trinajstić information content (AvgIpc) is 2.61. The minimum atomic E-state index is -4.57. The number of rotatable bonds is 2. The Labute approximate surface area is 164 Å². The number of ether oxygens (including phenoxy) is 2. The van der Waals surface area contributed by atoms with Gasteiger partial charge in [0.15, 0.2) is 17.2 Å². The highest BCUT2D eigenvalue weighted by molar-refractivity contribution is 6.33. The summed E-state index contributed by atoms with van der Waals surface area (Å²) in [5, 5.41) is 2.84. The summed E-state index contributed by atoms with van der Waals surface area (Å²) in [5.41, 5.74) is -1.48. The molecular formula is C19H16ClF3N2O3. The Morgan fingerprint density at radius 1 is 1.32 bits per heavy atom. The van der Waals surface area contributed by atoms with Crippen molar-refractivity contribution in [2.24, 2.45) is 0 Å². The first-order valence-corrected chi connectivity index (χ1v) is 8.85. The van der Waals surface area contributed by atoms with Crippen LogP contribution < -0.4 is 19.7 Å². The maximum atomic E-state index is 13.2. The molecule has 1 N–H and O–H groups in total. The lowest BCUT2D eigenvalue weighted by Gasteiger charge is -2.50. The van der Waals surface area contributed by atoms with E-state index in [1.807, 2.05) is 6.07 Å². The van der Waals surface area contributed by atoms with Gasteiger partial charge in [-0.25, -0.2) is 4.79 Å². The van der Waals surface area contributed by atoms with Crippen LogP contribution in [-0.2, 0) is 6.18 Å². The van der Waals surface area contributed by atoms with E-state index in [0.29, 0.717) is 17.9 Å². The summed E-state index contributed by atoms with van der Waals surface area (Å²) in [4.78, 5) is 14.0. The molecule has 148 valence electrons. The first-order valence-electron chi connectivity index (χ1n) is 8.47. The average molecular weight is 413 g/mol. The molecule has 4 rings (SSSR count). The molecule has 1 fully saturated rings. The fourth-order valence-corrected chi connectivity index (χ4v) is 3.95. The van der Waals surface area contributed by atoms with Gasteiger partial charge in [-0.15, -0.1) is 0 Å². The molecule has 0 saturated carbocycles. The quantitative estimate of drug-likeness (QED) is 0.743. The summed E-state index contributed by atoms with van der Waals surface area (Å²) in [6.07, 6.45) is -4.25. The third-order valence-corrected chi connectivity index (χ3v) is 5.32. The number of urea groups is 1. The molecule has 2 aromatic rings. The molecule has 2 heterocycles. The second kappa shape index (κ2) is 6.20. The van der Waals surface area contributed by atoms with Gasteiger partial charge in [-0.05, 0) is 31.2 Å². The number of hydrogen-bond donors (Lipinski definition) is 1. The van der Waals surface area contributed by atoms with Gasteiger partial charge < -0.3 is 14.8 Å². The summed E-state index contributed by atoms with van der Waals surface area (Å²) < 4.78 is 51.1. The zero-order chi connectivity index (χ0) is 20.3. The minimum Gasteiger partial charge on any atom is -0.493 e. The van der Waals surface area contributed by atoms with Crippen LogP contribution in [0.25, 0.3) is 0 Å². The van der Waals surface area contributed by atoms with Crippen molar-refractivity contribution in [2.75, 3.05) is 12.0 Å². The molecule has 2 bridgehead atoms. The van der Waals surface area contributed by atoms with Crippen molar-refractivity contribution < 1.29 is 27.4 Å². The van der Waals surface area contributed by atoms with Crippen molar-refractivity contribution >= 4 is 23.3 Å². The lowest BCUT2D eigenvalue weighted by molar-refractivity contribution is -0.137. The Hall–Kier alpha value is -2.61. The Morgan fingerprint density at radius 2 is 2.07 bits per heavy atom. The molecule has 0 spiro atoms. The van der Waals surface area contributed by atoms with E-state index in [4.69, 9.17) is 21.1 Å². The van der Waals surface area contributed by atoms with Crippen LogP contribution in [0.3, 0.4) is 0 Å². The molecule has 28 heavy (non-hydrogen) atoms. The van der Waals surface area contributed by atoms with Crippen LogP contribution in [0, 0.1) is 0 Å². The van der Waals surface area contributed by atoms with Crippen molar-refractivity contribution in [1.29, 1.82) is 0 Å². The molecule has 0 radical (unpaired) electrons. The van der Waals surface area contributed by atoms with E-state index in [1.165, 1.54) is 7.11 Å². The molecule has 9 heteroatoms. The van der Waals surface area contributed by atoms with Crippen LogP contribution in [0.2, 0.25) is 5.02 Å². The van der Waals surface area contributed by atoms with Gasteiger partial charge in [0.25, 0.3) is 0 Å². The number of nitrogens with one attached hydrogen (secondary N) is 1. The largest absolute Gasteiger partial charge is 0.493 e. The van der Waals surface area contributed by atoms with Gasteiger partial charge in [0.1, 0.15) is 0 Å². The number of carbonyl (C=O) groups is 1. The normalized spacial score (nSPS) is 23.6. The number of amides is 2. The summed E-state index contributed by atoms with van der Waals surface area (Å²) in [5.74, 6) is 0.913. The number of para-hydroxylation sites is 1. The molecule has 2 aliphatic heterocycles. The predicted octanol–water partition coefficient (Wildman–Crippen LogP) is 5.14. The van der Waals surface area contributed by atoms with Gasteiger partial charge in [-0.1, -0.05) is 23.7 Å². The number of carbonyl (C=O) groups excluding carboxylic acids is 1. The highest BCUT2D eigenvalue weighted by Gasteiger charge is 2.51. The second-order valence-corrected chi connectivity index (χ2v) is 7.27.